The molecule has 3 unspecified atom stereocenters. The van der Waals surface area contributed by atoms with E-state index in [1.807, 2.05) is 0 Å². The molecule has 1 aromatic heterocycles. The van der Waals surface area contributed by atoms with Crippen molar-refractivity contribution in [2.75, 3.05) is 18.5 Å². The first-order valence-corrected chi connectivity index (χ1v) is 13.7. The molecule has 2 aromatic rings. The van der Waals surface area contributed by atoms with Crippen molar-refractivity contribution >= 4 is 17.7 Å². The maximum Gasteiger partial charge on any atom is 0.351 e. The standard InChI is InChI=1S/C28H37F2N3O7/c1-2-3-4-5-6-7-8-9-10-16-39-25(37)20-13-11-12-19(17-20)24(36)31-22-14-15-33(27(38)32-22)26-28(29,30)23(35)21(18-34)40-26/h11-15,17,21,23,26,34-35H,2-10,16,18H2,1H3,(H,31,32,36,38). The molecular formula is C28H37F2N3O7. The van der Waals surface area contributed by atoms with Gasteiger partial charge in [0.05, 0.1) is 18.8 Å². The van der Waals surface area contributed by atoms with E-state index in [1.165, 1.54) is 62.8 Å². The normalized spacial score (nSPS) is 19.9. The van der Waals surface area contributed by atoms with E-state index in [9.17, 15) is 28.3 Å². The van der Waals surface area contributed by atoms with Gasteiger partial charge < -0.3 is 25.0 Å². The second kappa shape index (κ2) is 15.0. The topological polar surface area (TPSA) is 140 Å². The lowest BCUT2D eigenvalue weighted by atomic mass is 10.1. The fraction of sp³-hybridized carbons (Fsp3) is 0.571. The average Bonchev–Trinajstić information content (AvgIpc) is 3.17. The van der Waals surface area contributed by atoms with Crippen LogP contribution in [0.5, 0.6) is 0 Å². The Bertz CT molecular complexity index is 1190. The number of carbonyl (C=O) groups is 2. The second-order valence-electron chi connectivity index (χ2n) is 9.83. The van der Waals surface area contributed by atoms with Crippen molar-refractivity contribution in [1.29, 1.82) is 0 Å². The monoisotopic (exact) mass is 565 g/mol. The van der Waals surface area contributed by atoms with Gasteiger partial charge in [-0.1, -0.05) is 64.4 Å². The number of rotatable bonds is 15. The predicted octanol–water partition coefficient (Wildman–Crippen LogP) is 4.07. The number of amides is 1. The molecule has 1 fully saturated rings. The van der Waals surface area contributed by atoms with Crippen LogP contribution in [0, 0.1) is 0 Å². The number of ether oxygens (including phenoxy) is 2. The van der Waals surface area contributed by atoms with E-state index in [0.29, 0.717) is 4.57 Å². The summed E-state index contributed by atoms with van der Waals surface area (Å²) in [5, 5.41) is 21.2. The van der Waals surface area contributed by atoms with E-state index < -0.39 is 48.5 Å². The number of unbranched alkanes of at least 4 members (excludes halogenated alkanes) is 8. The number of aliphatic hydroxyl groups is 2. The lowest BCUT2D eigenvalue weighted by Crippen LogP contribution is -2.41. The molecule has 0 saturated carbocycles. The van der Waals surface area contributed by atoms with Crippen LogP contribution in [0.1, 0.15) is 91.7 Å². The van der Waals surface area contributed by atoms with Gasteiger partial charge in [-0.2, -0.15) is 13.8 Å². The van der Waals surface area contributed by atoms with E-state index in [0.717, 1.165) is 31.5 Å². The zero-order valence-corrected chi connectivity index (χ0v) is 22.6. The Morgan fingerprint density at radius 1 is 1.07 bits per heavy atom. The maximum atomic E-state index is 14.4. The largest absolute Gasteiger partial charge is 0.462 e. The Balaban J connectivity index is 1.50. The highest BCUT2D eigenvalue weighted by molar-refractivity contribution is 6.05. The molecule has 1 aromatic carbocycles. The van der Waals surface area contributed by atoms with Gasteiger partial charge in [-0.05, 0) is 30.7 Å². The smallest absolute Gasteiger partial charge is 0.351 e. The number of benzene rings is 1. The number of aromatic nitrogens is 2. The average molecular weight is 566 g/mol. The third kappa shape index (κ3) is 8.15. The molecule has 1 aliphatic rings. The Kier molecular flexibility index (Phi) is 11.7. The Morgan fingerprint density at radius 2 is 1.73 bits per heavy atom. The molecular weight excluding hydrogens is 528 g/mol. The molecule has 12 heteroatoms. The Morgan fingerprint density at radius 3 is 2.35 bits per heavy atom. The molecule has 1 amide bonds. The van der Waals surface area contributed by atoms with Gasteiger partial charge in [0.2, 0.25) is 6.23 Å². The summed E-state index contributed by atoms with van der Waals surface area (Å²) in [6.45, 7) is 1.61. The highest BCUT2D eigenvalue weighted by Gasteiger charge is 2.59. The van der Waals surface area contributed by atoms with Gasteiger partial charge in [-0.25, -0.2) is 9.59 Å². The summed E-state index contributed by atoms with van der Waals surface area (Å²) in [5.41, 5.74) is -0.880. The van der Waals surface area contributed by atoms with Crippen molar-refractivity contribution in [1.82, 2.24) is 9.55 Å². The minimum atomic E-state index is -3.85. The second-order valence-corrected chi connectivity index (χ2v) is 9.83. The first-order chi connectivity index (χ1) is 19.2. The number of nitrogens with zero attached hydrogens (tertiary/aromatic N) is 2. The van der Waals surface area contributed by atoms with E-state index in [1.54, 1.807) is 0 Å². The first kappa shape index (κ1) is 31.3. The van der Waals surface area contributed by atoms with Gasteiger partial charge in [0.1, 0.15) is 11.9 Å². The number of halogens is 2. The summed E-state index contributed by atoms with van der Waals surface area (Å²) < 4.78 is 39.4. The number of esters is 1. The third-order valence-electron chi connectivity index (χ3n) is 6.73. The minimum absolute atomic E-state index is 0.100. The zero-order valence-electron chi connectivity index (χ0n) is 22.6. The number of nitrogens with one attached hydrogen (secondary N) is 1. The number of hydrogen-bond donors (Lipinski definition) is 3. The molecule has 1 saturated heterocycles. The number of carbonyl (C=O) groups excluding carboxylic acids is 2. The SMILES string of the molecule is CCCCCCCCCCCOC(=O)c1cccc(C(=O)Nc2ccn(C3OC(CO)C(O)C3(F)F)c(=O)n2)c1. The highest BCUT2D eigenvalue weighted by Crippen LogP contribution is 2.42. The van der Waals surface area contributed by atoms with Gasteiger partial charge in [0.15, 0.2) is 6.10 Å². The Labute approximate surface area is 231 Å². The fourth-order valence-electron chi connectivity index (χ4n) is 4.42. The summed E-state index contributed by atoms with van der Waals surface area (Å²) in [6, 6.07) is 6.94. The van der Waals surface area contributed by atoms with Crippen molar-refractivity contribution in [3.8, 4) is 0 Å². The molecule has 0 spiro atoms. The van der Waals surface area contributed by atoms with Crippen molar-refractivity contribution in [2.45, 2.75) is 89.1 Å². The van der Waals surface area contributed by atoms with Gasteiger partial charge in [-0.3, -0.25) is 9.36 Å². The molecule has 2 heterocycles. The summed E-state index contributed by atoms with van der Waals surface area (Å²) >= 11 is 0. The van der Waals surface area contributed by atoms with Gasteiger partial charge >= 0.3 is 17.6 Å². The molecule has 220 valence electrons. The van der Waals surface area contributed by atoms with E-state index in [4.69, 9.17) is 14.6 Å². The lowest BCUT2D eigenvalue weighted by molar-refractivity contribution is -0.140. The van der Waals surface area contributed by atoms with Crippen LogP contribution in [0.4, 0.5) is 14.6 Å². The number of hydrogen-bond acceptors (Lipinski definition) is 8. The lowest BCUT2D eigenvalue weighted by Gasteiger charge is -2.21. The number of anilines is 1. The molecule has 1 aliphatic heterocycles. The van der Waals surface area contributed by atoms with Gasteiger partial charge in [-0.15, -0.1) is 0 Å². The van der Waals surface area contributed by atoms with Crippen LogP contribution in [-0.4, -0.2) is 63.0 Å². The first-order valence-electron chi connectivity index (χ1n) is 13.7. The third-order valence-corrected chi connectivity index (χ3v) is 6.73. The number of alkyl halides is 2. The van der Waals surface area contributed by atoms with E-state index >= 15 is 0 Å². The summed E-state index contributed by atoms with van der Waals surface area (Å²) in [5.74, 6) is -5.32. The van der Waals surface area contributed by atoms with Crippen molar-refractivity contribution in [3.63, 3.8) is 0 Å². The quantitative estimate of drug-likeness (QED) is 0.217. The van der Waals surface area contributed by atoms with Crippen LogP contribution < -0.4 is 11.0 Å². The molecule has 0 aliphatic carbocycles. The number of aliphatic hydroxyl groups excluding tert-OH is 2. The molecule has 0 radical (unpaired) electrons. The molecule has 3 atom stereocenters. The highest BCUT2D eigenvalue weighted by atomic mass is 19.3. The van der Waals surface area contributed by atoms with Crippen LogP contribution in [-0.2, 0) is 9.47 Å². The van der Waals surface area contributed by atoms with Crippen molar-refractivity contribution in [2.24, 2.45) is 0 Å². The van der Waals surface area contributed by atoms with E-state index in [2.05, 4.69) is 17.2 Å². The summed E-state index contributed by atoms with van der Waals surface area (Å²) in [7, 11) is 0. The Hall–Kier alpha value is -3.22. The van der Waals surface area contributed by atoms with Crippen LogP contribution in [0.15, 0.2) is 41.3 Å². The molecule has 3 rings (SSSR count). The van der Waals surface area contributed by atoms with Gasteiger partial charge in [0, 0.05) is 11.8 Å². The summed E-state index contributed by atoms with van der Waals surface area (Å²) in [4.78, 5) is 41.1. The fourth-order valence-corrected chi connectivity index (χ4v) is 4.42. The minimum Gasteiger partial charge on any atom is -0.462 e. The van der Waals surface area contributed by atoms with Crippen molar-refractivity contribution < 1.29 is 38.1 Å². The van der Waals surface area contributed by atoms with Gasteiger partial charge in [0.25, 0.3) is 5.91 Å². The maximum absolute atomic E-state index is 14.4. The van der Waals surface area contributed by atoms with Crippen LogP contribution in [0.3, 0.4) is 0 Å². The summed E-state index contributed by atoms with van der Waals surface area (Å²) in [6.07, 6.45) is 5.16. The molecule has 10 nitrogen and oxygen atoms in total. The molecule has 3 N–H and O–H groups in total. The van der Waals surface area contributed by atoms with E-state index in [-0.39, 0.29) is 23.6 Å². The zero-order chi connectivity index (χ0) is 29.1. The molecule has 0 bridgehead atoms. The molecule has 40 heavy (non-hydrogen) atoms. The van der Waals surface area contributed by atoms with Crippen LogP contribution in [0.2, 0.25) is 0 Å². The van der Waals surface area contributed by atoms with Crippen LogP contribution >= 0.6 is 0 Å². The van der Waals surface area contributed by atoms with Crippen molar-refractivity contribution in [3.05, 3.63) is 58.1 Å². The van der Waals surface area contributed by atoms with Crippen LogP contribution in [0.25, 0.3) is 0 Å². The predicted molar refractivity (Wildman–Crippen MR) is 142 cm³/mol.